The Morgan fingerprint density at radius 2 is 2.08 bits per heavy atom. The van der Waals surface area contributed by atoms with Gasteiger partial charge in [-0.15, -0.1) is 4.36 Å². The summed E-state index contributed by atoms with van der Waals surface area (Å²) in [6, 6.07) is -0.874. The minimum Gasteiger partial charge on any atom is -0.476 e. The number of rotatable bonds is 5. The number of hydrogen-bond donors (Lipinski definition) is 3. The molecule has 15 heteroatoms. The molecule has 2 aromatic heterocycles. The Morgan fingerprint density at radius 1 is 1.32 bits per heavy atom. The van der Waals surface area contributed by atoms with Crippen molar-refractivity contribution >= 4 is 27.5 Å². The predicted octanol–water partition coefficient (Wildman–Crippen LogP) is 2.57. The quantitative estimate of drug-likeness (QED) is 0.529. The Bertz CT molecular complexity index is 1390. The average Bonchev–Trinajstić information content (AvgIpc) is 3.39. The van der Waals surface area contributed by atoms with E-state index in [-0.39, 0.29) is 30.5 Å². The van der Waals surface area contributed by atoms with Gasteiger partial charge in [-0.3, -0.25) is 9.78 Å². The fraction of sp³-hybridized carbons (Fsp3) is 0.545. The van der Waals surface area contributed by atoms with Gasteiger partial charge in [-0.25, -0.2) is 18.8 Å². The molecule has 4 N–H and O–H groups in total. The summed E-state index contributed by atoms with van der Waals surface area (Å²) in [5.41, 5.74) is 4.43. The molecule has 0 saturated heterocycles. The van der Waals surface area contributed by atoms with Crippen molar-refractivity contribution in [1.82, 2.24) is 20.1 Å². The number of alkyl halides is 3. The number of nitrogens with zero attached hydrogens (tertiary/aromatic N) is 4. The molecule has 2 atom stereocenters. The number of pyridine rings is 1. The molecule has 0 radical (unpaired) electrons. The van der Waals surface area contributed by atoms with E-state index in [2.05, 4.69) is 14.8 Å². The van der Waals surface area contributed by atoms with Gasteiger partial charge in [0.1, 0.15) is 4.90 Å². The molecule has 1 aliphatic heterocycles. The Balaban J connectivity index is 1.32. The van der Waals surface area contributed by atoms with Crippen LogP contribution < -0.4 is 20.5 Å². The summed E-state index contributed by atoms with van der Waals surface area (Å²) >= 11 is 0. The van der Waals surface area contributed by atoms with E-state index in [1.54, 1.807) is 5.32 Å². The van der Waals surface area contributed by atoms with Crippen LogP contribution in [0, 0.1) is 12.8 Å². The third-order valence-electron chi connectivity index (χ3n) is 6.69. The third kappa shape index (κ3) is 5.14. The molecule has 2 aromatic rings. The first kappa shape index (κ1) is 25.4. The molecule has 0 spiro atoms. The number of nitrogens with one attached hydrogen (secondary N) is 2. The van der Waals surface area contributed by atoms with Crippen LogP contribution in [0.5, 0.6) is 5.88 Å². The number of anilines is 1. The molecule has 3 amide bonds. The number of aromatic nitrogens is 3. The smallest absolute Gasteiger partial charge is 0.471 e. The van der Waals surface area contributed by atoms with E-state index in [1.807, 2.05) is 6.92 Å². The van der Waals surface area contributed by atoms with Crippen LogP contribution >= 0.6 is 0 Å². The van der Waals surface area contributed by atoms with Crippen molar-refractivity contribution in [2.45, 2.75) is 62.6 Å². The molecule has 2 unspecified atom stereocenters. The van der Waals surface area contributed by atoms with Gasteiger partial charge in [0, 0.05) is 29.8 Å². The van der Waals surface area contributed by atoms with Crippen molar-refractivity contribution in [1.29, 1.82) is 0 Å². The summed E-state index contributed by atoms with van der Waals surface area (Å²) < 4.78 is 61.0. The van der Waals surface area contributed by atoms with Gasteiger partial charge in [0.2, 0.25) is 5.88 Å². The Labute approximate surface area is 210 Å². The van der Waals surface area contributed by atoms with E-state index in [0.29, 0.717) is 11.6 Å². The highest BCUT2D eigenvalue weighted by Crippen LogP contribution is 2.44. The van der Waals surface area contributed by atoms with Gasteiger partial charge >= 0.3 is 18.1 Å². The van der Waals surface area contributed by atoms with Gasteiger partial charge in [0.15, 0.2) is 9.92 Å². The molecule has 5 rings (SSSR count). The highest BCUT2D eigenvalue weighted by atomic mass is 32.2. The lowest BCUT2D eigenvalue weighted by Crippen LogP contribution is -2.42. The Morgan fingerprint density at radius 3 is 2.78 bits per heavy atom. The van der Waals surface area contributed by atoms with Crippen LogP contribution in [0.25, 0.3) is 0 Å². The number of ether oxygens (including phenoxy) is 1. The number of fused-ring (bicyclic) bond motifs is 2. The highest BCUT2D eigenvalue weighted by Gasteiger charge is 2.39. The standard InChI is InChI=1S/C22H26F3N7O4S/c1-11-17(13-5-6-13)29-15-4-2-3-14(15)18(11)30-21(34)31-37(26,35)16-8-28-32-9-12(10-36-19(16)32)7-27-20(33)22(23,24)25/h8,12-13H,2-7,9-10H2,1H3,(H,27,33)(H3,26,29,30,31,34,35). The fourth-order valence-electron chi connectivity index (χ4n) is 4.72. The zero-order chi connectivity index (χ0) is 26.5. The lowest BCUT2D eigenvalue weighted by molar-refractivity contribution is -0.173. The van der Waals surface area contributed by atoms with Gasteiger partial charge < -0.3 is 15.4 Å². The third-order valence-corrected chi connectivity index (χ3v) is 8.04. The number of carbonyl (C=O) groups excluding carboxylic acids is 2. The molecule has 3 aliphatic rings. The van der Waals surface area contributed by atoms with E-state index in [9.17, 15) is 27.0 Å². The van der Waals surface area contributed by atoms with Gasteiger partial charge in [-0.05, 0) is 50.2 Å². The molecule has 200 valence electrons. The number of amides is 3. The zero-order valence-electron chi connectivity index (χ0n) is 19.9. The van der Waals surface area contributed by atoms with Crippen LogP contribution in [0.3, 0.4) is 0 Å². The average molecular weight is 542 g/mol. The van der Waals surface area contributed by atoms with Crippen molar-refractivity contribution in [3.8, 4) is 5.88 Å². The number of halogens is 3. The summed E-state index contributed by atoms with van der Waals surface area (Å²) in [6.07, 6.45) is 0.838. The Kier molecular flexibility index (Phi) is 6.38. The normalized spacial score (nSPS) is 20.3. The topological polar surface area (TPSA) is 154 Å². The van der Waals surface area contributed by atoms with E-state index in [4.69, 9.17) is 14.9 Å². The van der Waals surface area contributed by atoms with Gasteiger partial charge in [0.05, 0.1) is 25.0 Å². The maximum atomic E-state index is 13.3. The first-order valence-electron chi connectivity index (χ1n) is 11.9. The number of urea groups is 1. The minimum absolute atomic E-state index is 0.0134. The molecule has 0 aromatic carbocycles. The lowest BCUT2D eigenvalue weighted by atomic mass is 10.0. The maximum absolute atomic E-state index is 13.3. The second kappa shape index (κ2) is 9.28. The van der Waals surface area contributed by atoms with Crippen LogP contribution in [-0.4, -0.2) is 50.2 Å². The van der Waals surface area contributed by atoms with E-state index in [0.717, 1.165) is 60.8 Å². The lowest BCUT2D eigenvalue weighted by Gasteiger charge is -2.25. The molecule has 0 bridgehead atoms. The predicted molar refractivity (Wildman–Crippen MR) is 125 cm³/mol. The number of aryl methyl sites for hydroxylation is 1. The molecular formula is C22H26F3N7O4S. The van der Waals surface area contributed by atoms with Crippen LogP contribution in [0.2, 0.25) is 0 Å². The van der Waals surface area contributed by atoms with E-state index >= 15 is 0 Å². The van der Waals surface area contributed by atoms with Crippen molar-refractivity contribution in [2.24, 2.45) is 15.4 Å². The van der Waals surface area contributed by atoms with Crippen molar-refractivity contribution in [3.05, 3.63) is 28.7 Å². The van der Waals surface area contributed by atoms with Gasteiger partial charge in [0.25, 0.3) is 0 Å². The van der Waals surface area contributed by atoms with Crippen molar-refractivity contribution < 1.29 is 31.7 Å². The fourth-order valence-corrected chi connectivity index (χ4v) is 5.72. The van der Waals surface area contributed by atoms with Gasteiger partial charge in [-0.1, -0.05) is 0 Å². The molecule has 2 aliphatic carbocycles. The Hall–Kier alpha value is -3.20. The molecule has 37 heavy (non-hydrogen) atoms. The maximum Gasteiger partial charge on any atom is 0.471 e. The van der Waals surface area contributed by atoms with Crippen LogP contribution in [0.4, 0.5) is 23.7 Å². The number of hydrogen-bond acceptors (Lipinski definition) is 6. The van der Waals surface area contributed by atoms with Crippen LogP contribution in [-0.2, 0) is 34.1 Å². The summed E-state index contributed by atoms with van der Waals surface area (Å²) in [6.45, 7) is 1.62. The SMILES string of the molecule is Cc1c(C2CC2)nc2c(c1NC(=O)N=S(N)(=O)c1cnn3c1OCC(CNC(=O)C(F)(F)F)C3)CCC2. The summed E-state index contributed by atoms with van der Waals surface area (Å²) in [5, 5.41) is 14.6. The van der Waals surface area contributed by atoms with Crippen molar-refractivity contribution in [3.63, 3.8) is 0 Å². The first-order valence-corrected chi connectivity index (χ1v) is 13.4. The minimum atomic E-state index is -4.99. The summed E-state index contributed by atoms with van der Waals surface area (Å²) in [5.74, 6) is -2.16. The second-order valence-electron chi connectivity index (χ2n) is 9.52. The summed E-state index contributed by atoms with van der Waals surface area (Å²) in [7, 11) is -3.76. The number of nitrogens with two attached hydrogens (primary N) is 1. The van der Waals surface area contributed by atoms with Crippen LogP contribution in [0.15, 0.2) is 15.5 Å². The van der Waals surface area contributed by atoms with Crippen molar-refractivity contribution in [2.75, 3.05) is 18.5 Å². The van der Waals surface area contributed by atoms with Gasteiger partial charge in [-0.2, -0.15) is 18.3 Å². The molecule has 3 heterocycles. The largest absolute Gasteiger partial charge is 0.476 e. The van der Waals surface area contributed by atoms with E-state index < -0.39 is 33.9 Å². The zero-order valence-corrected chi connectivity index (χ0v) is 20.7. The van der Waals surface area contributed by atoms with E-state index in [1.165, 1.54) is 4.68 Å². The van der Waals surface area contributed by atoms with Crippen LogP contribution in [0.1, 0.15) is 47.7 Å². The number of carbonyl (C=O) groups is 2. The monoisotopic (exact) mass is 541 g/mol. The molecule has 1 saturated carbocycles. The highest BCUT2D eigenvalue weighted by molar-refractivity contribution is 7.91. The second-order valence-corrected chi connectivity index (χ2v) is 11.3. The molecule has 11 nitrogen and oxygen atoms in total. The molecular weight excluding hydrogens is 515 g/mol. The summed E-state index contributed by atoms with van der Waals surface area (Å²) in [4.78, 5) is 28.6. The molecule has 1 fully saturated rings. The first-order chi connectivity index (χ1) is 17.4.